The van der Waals surface area contributed by atoms with E-state index in [0.29, 0.717) is 19.8 Å². The van der Waals surface area contributed by atoms with Gasteiger partial charge >= 0.3 is 8.80 Å². The normalized spacial score (nSPS) is 13.6. The van der Waals surface area contributed by atoms with Crippen molar-refractivity contribution < 1.29 is 22.0 Å². The molecule has 0 bridgehead atoms. The topological polar surface area (TPSA) is 65.0 Å². The van der Waals surface area contributed by atoms with Gasteiger partial charge in [0.25, 0.3) is 0 Å². The zero-order valence-electron chi connectivity index (χ0n) is 12.8. The molecule has 0 amide bonds. The Kier molecular flexibility index (Phi) is 12.7. The van der Waals surface area contributed by atoms with Crippen LogP contribution in [0.1, 0.15) is 41.5 Å². The van der Waals surface area contributed by atoms with E-state index in [9.17, 15) is 0 Å². The highest BCUT2D eigenvalue weighted by atomic mass is 32.8. The van der Waals surface area contributed by atoms with E-state index in [1.54, 1.807) is 0 Å². The van der Waals surface area contributed by atoms with Crippen molar-refractivity contribution in [3.8, 4) is 0 Å². The van der Waals surface area contributed by atoms with Gasteiger partial charge in [0, 0.05) is 37.1 Å². The Bertz CT molecular complexity index is 264. The van der Waals surface area contributed by atoms with Crippen molar-refractivity contribution in [2.24, 2.45) is 5.41 Å². The van der Waals surface area contributed by atoms with Crippen LogP contribution in [0.4, 0.5) is 0 Å². The highest BCUT2D eigenvalue weighted by molar-refractivity contribution is 8.18. The zero-order valence-corrected chi connectivity index (χ0v) is 15.5. The molecular formula is C11H28O5S2Si. The van der Waals surface area contributed by atoms with Gasteiger partial charge in [-0.3, -0.25) is 0 Å². The molecule has 5 nitrogen and oxygen atoms in total. The first-order valence-electron chi connectivity index (χ1n) is 6.37. The molecule has 1 N–H and O–H groups in total. The van der Waals surface area contributed by atoms with E-state index in [1.165, 1.54) is 0 Å². The van der Waals surface area contributed by atoms with Crippen LogP contribution in [0.25, 0.3) is 0 Å². The molecule has 0 saturated carbocycles. The molecule has 8 heteroatoms. The van der Waals surface area contributed by atoms with Crippen LogP contribution < -0.4 is 0 Å². The van der Waals surface area contributed by atoms with Crippen molar-refractivity contribution in [2.45, 2.75) is 47.6 Å². The summed E-state index contributed by atoms with van der Waals surface area (Å²) in [6.07, 6.45) is 0. The monoisotopic (exact) mass is 332 g/mol. The number of hydrogen-bond donors (Lipinski definition) is 2. The molecule has 0 aromatic carbocycles. The van der Waals surface area contributed by atoms with E-state index in [-0.39, 0.29) is 5.41 Å². The lowest BCUT2D eigenvalue weighted by Crippen LogP contribution is -2.48. The zero-order chi connectivity index (χ0) is 15.5. The summed E-state index contributed by atoms with van der Waals surface area (Å²) in [4.78, 5) is 0. The van der Waals surface area contributed by atoms with Gasteiger partial charge in [-0.05, 0) is 26.2 Å². The van der Waals surface area contributed by atoms with Crippen LogP contribution in [-0.2, 0) is 34.1 Å². The molecule has 0 heterocycles. The van der Waals surface area contributed by atoms with E-state index in [1.807, 2.05) is 20.8 Å². The largest absolute Gasteiger partial charge is 0.501 e. The van der Waals surface area contributed by atoms with Gasteiger partial charge in [-0.2, -0.15) is 0 Å². The molecule has 0 aromatic heterocycles. The predicted octanol–water partition coefficient (Wildman–Crippen LogP) is 2.48. The van der Waals surface area contributed by atoms with E-state index in [0.717, 1.165) is 6.04 Å². The Morgan fingerprint density at radius 1 is 1.05 bits per heavy atom. The molecule has 0 aliphatic carbocycles. The van der Waals surface area contributed by atoms with Crippen molar-refractivity contribution in [1.29, 1.82) is 0 Å². The van der Waals surface area contributed by atoms with Gasteiger partial charge in [0.15, 0.2) is 0 Å². The second-order valence-corrected chi connectivity index (χ2v) is 8.96. The first kappa shape index (κ1) is 21.7. The highest BCUT2D eigenvalue weighted by Crippen LogP contribution is 2.29. The molecule has 1 unspecified atom stereocenters. The molecule has 118 valence electrons. The average molecular weight is 333 g/mol. The van der Waals surface area contributed by atoms with Gasteiger partial charge in [0.2, 0.25) is 0 Å². The Morgan fingerprint density at radius 3 is 1.47 bits per heavy atom. The van der Waals surface area contributed by atoms with Gasteiger partial charge in [-0.1, -0.05) is 20.8 Å². The second kappa shape index (κ2) is 11.1. The fraction of sp³-hybridized carbons (Fsp3) is 1.00. The van der Waals surface area contributed by atoms with E-state index >= 15 is 0 Å². The van der Waals surface area contributed by atoms with Gasteiger partial charge in [-0.25, -0.2) is 4.21 Å². The molecule has 1 atom stereocenters. The summed E-state index contributed by atoms with van der Waals surface area (Å²) in [5, 5.41) is 0. The maximum Gasteiger partial charge on any atom is 0.501 e. The minimum atomic E-state index is -2.43. The molecule has 19 heavy (non-hydrogen) atoms. The summed E-state index contributed by atoms with van der Waals surface area (Å²) in [6.45, 7) is 14.5. The second-order valence-electron chi connectivity index (χ2n) is 4.96. The summed E-state index contributed by atoms with van der Waals surface area (Å²) >= 11 is 3.69. The van der Waals surface area contributed by atoms with Crippen LogP contribution in [0.5, 0.6) is 0 Å². The number of thiol groups is 1. The number of hydrogen-bond acceptors (Lipinski definition) is 5. The molecule has 0 aromatic rings. The highest BCUT2D eigenvalue weighted by Gasteiger charge is 2.43. The van der Waals surface area contributed by atoms with Crippen molar-refractivity contribution in [1.82, 2.24) is 0 Å². The van der Waals surface area contributed by atoms with Crippen molar-refractivity contribution in [2.75, 3.05) is 19.8 Å². The van der Waals surface area contributed by atoms with Crippen molar-refractivity contribution >= 4 is 29.6 Å². The van der Waals surface area contributed by atoms with Crippen molar-refractivity contribution in [3.05, 3.63) is 0 Å². The Morgan fingerprint density at radius 2 is 1.32 bits per heavy atom. The minimum absolute atomic E-state index is 0.172. The molecule has 0 rings (SSSR count). The fourth-order valence-corrected chi connectivity index (χ4v) is 4.76. The standard InChI is InChI=1S/C11H26O3Si.H2O2S2/c1-7-12-15(13-8-2,14-9-3)10-11(4,5)6;1-4(2)3/h7-10H2,1-6H3;4H,(H,1,2,3). The lowest BCUT2D eigenvalue weighted by Gasteiger charge is -2.33. The molecule has 0 fully saturated rings. The summed E-state index contributed by atoms with van der Waals surface area (Å²) in [5.74, 6) is 0. The van der Waals surface area contributed by atoms with Crippen LogP contribution in [0.3, 0.4) is 0 Å². The molecule has 0 saturated heterocycles. The Balaban J connectivity index is 0. The van der Waals surface area contributed by atoms with Crippen LogP contribution in [-0.4, -0.2) is 37.4 Å². The van der Waals surface area contributed by atoms with E-state index in [2.05, 4.69) is 32.0 Å². The molecule has 0 spiro atoms. The Labute approximate surface area is 124 Å². The SMILES string of the molecule is CCO[Si](CC(C)(C)C)(OCC)OCC.O=[SH](O)=S. The quantitative estimate of drug-likeness (QED) is 0.551. The van der Waals surface area contributed by atoms with Crippen LogP contribution in [0, 0.1) is 5.41 Å². The third kappa shape index (κ3) is 14.6. The minimum Gasteiger partial charge on any atom is -0.374 e. The summed E-state index contributed by atoms with van der Waals surface area (Å²) in [5.41, 5.74) is 0.172. The first-order chi connectivity index (χ1) is 8.62. The van der Waals surface area contributed by atoms with Gasteiger partial charge in [0.1, 0.15) is 9.64 Å². The third-order valence-corrected chi connectivity index (χ3v) is 5.52. The summed E-state index contributed by atoms with van der Waals surface area (Å²) < 4.78 is 33.7. The van der Waals surface area contributed by atoms with Gasteiger partial charge in [-0.15, -0.1) is 0 Å². The molecule has 0 aliphatic heterocycles. The van der Waals surface area contributed by atoms with E-state index in [4.69, 9.17) is 22.0 Å². The molecule has 0 aliphatic rings. The molecule has 0 radical (unpaired) electrons. The van der Waals surface area contributed by atoms with Gasteiger partial charge in [0.05, 0.1) is 0 Å². The van der Waals surface area contributed by atoms with Crippen molar-refractivity contribution in [3.63, 3.8) is 0 Å². The number of rotatable bonds is 7. The maximum atomic E-state index is 8.96. The smallest absolute Gasteiger partial charge is 0.374 e. The first-order valence-corrected chi connectivity index (χ1v) is 10.5. The lowest BCUT2D eigenvalue weighted by atomic mass is 10.0. The summed E-state index contributed by atoms with van der Waals surface area (Å²) in [7, 11) is -4.72. The Hall–Kier alpha value is 0.427. The predicted molar refractivity (Wildman–Crippen MR) is 84.4 cm³/mol. The fourth-order valence-electron chi connectivity index (χ4n) is 1.59. The summed E-state index contributed by atoms with van der Waals surface area (Å²) in [6, 6.07) is 0.871. The van der Waals surface area contributed by atoms with Gasteiger partial charge < -0.3 is 17.8 Å². The third-order valence-electron chi connectivity index (χ3n) is 1.84. The maximum absolute atomic E-state index is 8.96. The average Bonchev–Trinajstić information content (AvgIpc) is 2.14. The lowest BCUT2D eigenvalue weighted by molar-refractivity contribution is 0.0630. The molecular weight excluding hydrogens is 304 g/mol. The van der Waals surface area contributed by atoms with E-state index < -0.39 is 18.4 Å². The van der Waals surface area contributed by atoms with Crippen LogP contribution in [0.15, 0.2) is 0 Å². The van der Waals surface area contributed by atoms with Crippen LogP contribution >= 0.6 is 0 Å². The van der Waals surface area contributed by atoms with Crippen LogP contribution in [0.2, 0.25) is 6.04 Å².